The maximum absolute atomic E-state index is 13.3. The van der Waals surface area contributed by atoms with Gasteiger partial charge in [0, 0.05) is 18.9 Å². The third-order valence-corrected chi connectivity index (χ3v) is 8.60. The van der Waals surface area contributed by atoms with Crippen molar-refractivity contribution in [2.75, 3.05) is 17.9 Å². The highest BCUT2D eigenvalue weighted by molar-refractivity contribution is 7.93. The number of carbonyl (C=O) groups excluding carboxylic acids is 1. The van der Waals surface area contributed by atoms with Crippen LogP contribution in [-0.4, -0.2) is 57.6 Å². The van der Waals surface area contributed by atoms with Gasteiger partial charge in [-0.1, -0.05) is 0 Å². The molecule has 1 N–H and O–H groups in total. The zero-order valence-corrected chi connectivity index (χ0v) is 20.2. The summed E-state index contributed by atoms with van der Waals surface area (Å²) >= 11 is 1.26. The van der Waals surface area contributed by atoms with E-state index in [0.717, 1.165) is 23.3 Å². The number of anilines is 1. The van der Waals surface area contributed by atoms with Crippen molar-refractivity contribution in [1.29, 1.82) is 0 Å². The van der Waals surface area contributed by atoms with E-state index in [-0.39, 0.29) is 17.2 Å². The van der Waals surface area contributed by atoms with Crippen LogP contribution in [0.2, 0.25) is 0 Å². The fourth-order valence-electron chi connectivity index (χ4n) is 3.98. The molecule has 12 heteroatoms. The van der Waals surface area contributed by atoms with Crippen LogP contribution in [-0.2, 0) is 10.0 Å². The Balaban J connectivity index is 1.34. The van der Waals surface area contributed by atoms with Crippen molar-refractivity contribution in [3.63, 3.8) is 0 Å². The number of sulfonamides is 1. The molecule has 3 aromatic heterocycles. The van der Waals surface area contributed by atoms with E-state index in [0.29, 0.717) is 48.3 Å². The van der Waals surface area contributed by atoms with Gasteiger partial charge < -0.3 is 9.64 Å². The minimum atomic E-state index is -3.38. The van der Waals surface area contributed by atoms with Crippen LogP contribution in [0.5, 0.6) is 5.88 Å². The predicted molar refractivity (Wildman–Crippen MR) is 127 cm³/mol. The highest BCUT2D eigenvalue weighted by atomic mass is 32.2. The average Bonchev–Trinajstić information content (AvgIpc) is 3.39. The van der Waals surface area contributed by atoms with Crippen LogP contribution >= 0.6 is 11.3 Å². The van der Waals surface area contributed by atoms with E-state index in [1.54, 1.807) is 35.8 Å². The van der Waals surface area contributed by atoms with Crippen LogP contribution < -0.4 is 9.46 Å². The molecule has 5 rings (SSSR count). The maximum Gasteiger partial charge on any atom is 0.283 e. The summed E-state index contributed by atoms with van der Waals surface area (Å²) in [7, 11) is -3.38. The third-order valence-electron chi connectivity index (χ3n) is 5.73. The SMILES string of the molecule is CCOc1cncc(-c2cnc(C(=O)N3CCCC3c3cncc(NS(=O)(=O)C4CC4)c3)s2)n1. The minimum absolute atomic E-state index is 0.170. The monoisotopic (exact) mass is 500 g/mol. The summed E-state index contributed by atoms with van der Waals surface area (Å²) in [4.78, 5) is 33.0. The number of hydrogen-bond donors (Lipinski definition) is 1. The number of amides is 1. The van der Waals surface area contributed by atoms with Crippen molar-refractivity contribution in [2.24, 2.45) is 0 Å². The molecule has 1 saturated carbocycles. The molecule has 1 amide bonds. The fraction of sp³-hybridized carbons (Fsp3) is 0.409. The summed E-state index contributed by atoms with van der Waals surface area (Å²) in [5.41, 5.74) is 1.82. The summed E-state index contributed by atoms with van der Waals surface area (Å²) in [6, 6.07) is 1.57. The van der Waals surface area contributed by atoms with Crippen molar-refractivity contribution in [3.05, 3.63) is 47.6 Å². The number of nitrogens with zero attached hydrogens (tertiary/aromatic N) is 5. The number of rotatable bonds is 8. The number of likely N-dealkylation sites (tertiary alicyclic amines) is 1. The summed E-state index contributed by atoms with van der Waals surface area (Å²) in [5, 5.41) is 0.0443. The van der Waals surface area contributed by atoms with Crippen LogP contribution in [0.3, 0.4) is 0 Å². The molecule has 0 spiro atoms. The van der Waals surface area contributed by atoms with Gasteiger partial charge in [0.15, 0.2) is 5.01 Å². The second-order valence-corrected chi connectivity index (χ2v) is 11.2. The van der Waals surface area contributed by atoms with Gasteiger partial charge in [0.2, 0.25) is 15.9 Å². The van der Waals surface area contributed by atoms with E-state index in [1.165, 1.54) is 17.5 Å². The van der Waals surface area contributed by atoms with Crippen molar-refractivity contribution in [1.82, 2.24) is 24.8 Å². The quantitative estimate of drug-likeness (QED) is 0.499. The lowest BCUT2D eigenvalue weighted by Gasteiger charge is -2.24. The summed E-state index contributed by atoms with van der Waals surface area (Å²) < 4.78 is 32.6. The largest absolute Gasteiger partial charge is 0.477 e. The molecule has 2 fully saturated rings. The van der Waals surface area contributed by atoms with E-state index < -0.39 is 10.0 Å². The van der Waals surface area contributed by atoms with Gasteiger partial charge in [-0.05, 0) is 44.2 Å². The van der Waals surface area contributed by atoms with Gasteiger partial charge in [0.25, 0.3) is 5.91 Å². The van der Waals surface area contributed by atoms with Gasteiger partial charge in [0.1, 0.15) is 5.69 Å². The van der Waals surface area contributed by atoms with Crippen molar-refractivity contribution >= 4 is 33.0 Å². The number of thiazole rings is 1. The molecule has 0 bridgehead atoms. The standard InChI is InChI=1S/C22H24N6O4S2/c1-2-32-20-13-24-11-17(26-20)19-12-25-21(33-19)22(29)28-7-3-4-18(28)14-8-15(10-23-9-14)27-34(30,31)16-5-6-16/h8-13,16,18,27H,2-7H2,1H3. The van der Waals surface area contributed by atoms with Gasteiger partial charge in [-0.3, -0.25) is 19.5 Å². The predicted octanol–water partition coefficient (Wildman–Crippen LogP) is 3.28. The van der Waals surface area contributed by atoms with E-state index in [4.69, 9.17) is 4.74 Å². The number of ether oxygens (including phenoxy) is 1. The number of hydrogen-bond acceptors (Lipinski definition) is 9. The second-order valence-electron chi connectivity index (χ2n) is 8.22. The molecule has 178 valence electrons. The van der Waals surface area contributed by atoms with Crippen molar-refractivity contribution in [3.8, 4) is 16.5 Å². The molecule has 0 radical (unpaired) electrons. The smallest absolute Gasteiger partial charge is 0.283 e. The molecular formula is C22H24N6O4S2. The van der Waals surface area contributed by atoms with E-state index >= 15 is 0 Å². The highest BCUT2D eigenvalue weighted by Gasteiger charge is 2.36. The molecule has 3 aromatic rings. The molecule has 10 nitrogen and oxygen atoms in total. The molecule has 4 heterocycles. The van der Waals surface area contributed by atoms with Crippen LogP contribution in [0.4, 0.5) is 5.69 Å². The zero-order chi connectivity index (χ0) is 23.7. The Kier molecular flexibility index (Phi) is 6.17. The molecule has 2 aliphatic rings. The molecular weight excluding hydrogens is 476 g/mol. The number of aromatic nitrogens is 4. The Labute approximate surface area is 201 Å². The first kappa shape index (κ1) is 22.7. The number of carbonyl (C=O) groups is 1. The number of nitrogens with one attached hydrogen (secondary N) is 1. The van der Waals surface area contributed by atoms with Gasteiger partial charge in [-0.15, -0.1) is 11.3 Å². The Morgan fingerprint density at radius 1 is 1.18 bits per heavy atom. The topological polar surface area (TPSA) is 127 Å². The Bertz CT molecular complexity index is 1310. The van der Waals surface area contributed by atoms with Gasteiger partial charge in [-0.2, -0.15) is 0 Å². The molecule has 34 heavy (non-hydrogen) atoms. The van der Waals surface area contributed by atoms with Crippen molar-refractivity contribution < 1.29 is 17.9 Å². The lowest BCUT2D eigenvalue weighted by atomic mass is 10.1. The minimum Gasteiger partial charge on any atom is -0.477 e. The lowest BCUT2D eigenvalue weighted by Crippen LogP contribution is -2.30. The molecule has 0 aromatic carbocycles. The number of pyridine rings is 1. The van der Waals surface area contributed by atoms with Gasteiger partial charge in [-0.25, -0.2) is 18.4 Å². The van der Waals surface area contributed by atoms with Gasteiger partial charge in [0.05, 0.1) is 47.1 Å². The Hall–Kier alpha value is -3.12. The lowest BCUT2D eigenvalue weighted by molar-refractivity contribution is 0.0735. The van der Waals surface area contributed by atoms with Crippen LogP contribution in [0.25, 0.3) is 10.6 Å². The molecule has 1 aliphatic carbocycles. The zero-order valence-electron chi connectivity index (χ0n) is 18.5. The summed E-state index contributed by atoms with van der Waals surface area (Å²) in [6.07, 6.45) is 10.9. The molecule has 1 unspecified atom stereocenters. The Morgan fingerprint density at radius 3 is 2.79 bits per heavy atom. The van der Waals surface area contributed by atoms with Crippen LogP contribution in [0, 0.1) is 0 Å². The summed E-state index contributed by atoms with van der Waals surface area (Å²) in [5.74, 6) is 0.252. The molecule has 1 aliphatic heterocycles. The third kappa shape index (κ3) is 4.73. The Morgan fingerprint density at radius 2 is 2.00 bits per heavy atom. The highest BCUT2D eigenvalue weighted by Crippen LogP contribution is 2.36. The van der Waals surface area contributed by atoms with Crippen molar-refractivity contribution in [2.45, 2.75) is 43.9 Å². The first-order valence-corrected chi connectivity index (χ1v) is 13.5. The van der Waals surface area contributed by atoms with E-state index in [1.807, 2.05) is 6.92 Å². The first-order valence-electron chi connectivity index (χ1n) is 11.1. The fourth-order valence-corrected chi connectivity index (χ4v) is 6.17. The van der Waals surface area contributed by atoms with E-state index in [9.17, 15) is 13.2 Å². The second kappa shape index (κ2) is 9.26. The van der Waals surface area contributed by atoms with Gasteiger partial charge >= 0.3 is 0 Å². The molecule has 1 atom stereocenters. The van der Waals surface area contributed by atoms with Crippen LogP contribution in [0.1, 0.15) is 54.0 Å². The maximum atomic E-state index is 13.3. The normalized spacial score (nSPS) is 18.1. The average molecular weight is 501 g/mol. The van der Waals surface area contributed by atoms with E-state index in [2.05, 4.69) is 24.7 Å². The molecule has 1 saturated heterocycles. The van der Waals surface area contributed by atoms with Crippen LogP contribution in [0.15, 0.2) is 37.1 Å². The first-order chi connectivity index (χ1) is 16.4. The summed E-state index contributed by atoms with van der Waals surface area (Å²) in [6.45, 7) is 2.95.